The van der Waals surface area contributed by atoms with Crippen molar-refractivity contribution in [2.24, 2.45) is 7.05 Å². The lowest BCUT2D eigenvalue weighted by Crippen LogP contribution is -3.00. The lowest BCUT2D eigenvalue weighted by atomic mass is 10.1. The summed E-state index contributed by atoms with van der Waals surface area (Å²) in [6, 6.07) is 22.7. The monoisotopic (exact) mass is 883 g/mol. The summed E-state index contributed by atoms with van der Waals surface area (Å²) in [4.78, 5) is 0. The summed E-state index contributed by atoms with van der Waals surface area (Å²) in [5.41, 5.74) is 7.47. The van der Waals surface area contributed by atoms with Crippen molar-refractivity contribution in [3.8, 4) is 0 Å². The molecule has 56 heavy (non-hydrogen) atoms. The lowest BCUT2D eigenvalue weighted by Gasteiger charge is -2.02. The molecule has 0 N–H and O–H groups in total. The van der Waals surface area contributed by atoms with Crippen LogP contribution in [0.5, 0.6) is 0 Å². The van der Waals surface area contributed by atoms with Gasteiger partial charge in [-0.1, -0.05) is 165 Å². The number of aryl methyl sites for hydroxylation is 3. The van der Waals surface area contributed by atoms with Gasteiger partial charge in [0.05, 0.1) is 0 Å². The normalized spacial score (nSPS) is 11.6. The first kappa shape index (κ1) is 47.4. The van der Waals surface area contributed by atoms with Crippen molar-refractivity contribution in [1.29, 1.82) is 0 Å². The van der Waals surface area contributed by atoms with E-state index in [0.717, 1.165) is 13.1 Å². The van der Waals surface area contributed by atoms with Gasteiger partial charge in [0, 0.05) is 66.0 Å². The van der Waals surface area contributed by atoms with Crippen LogP contribution in [-0.2, 0) is 20.1 Å². The van der Waals surface area contributed by atoms with E-state index in [4.69, 9.17) is 0 Å². The first-order valence-electron chi connectivity index (χ1n) is 22.0. The third kappa shape index (κ3) is 16.1. The second kappa shape index (κ2) is 27.6. The standard InChI is InChI=1S/C51H71N3.2BrH/c1-4-6-8-10-12-14-16-18-20-22-36-53-38-32-44(33-39-53)24-26-46-28-30-48-49-31-29-47(43-51(49)52(3)50(48)42-46)27-25-45-34-40-54(41-35-45)37-23-21-19-17-15-13-11-9-7-5-2;;/h24-35,38-43H,4-23,36-37H2,1-3H3;2*1H/q+2;;/p-2. The second-order valence-corrected chi connectivity index (χ2v) is 15.9. The average Bonchev–Trinajstić information content (AvgIpc) is 3.48. The first-order valence-corrected chi connectivity index (χ1v) is 22.0. The van der Waals surface area contributed by atoms with Gasteiger partial charge in [-0.15, -0.1) is 0 Å². The van der Waals surface area contributed by atoms with Gasteiger partial charge >= 0.3 is 0 Å². The number of benzene rings is 2. The van der Waals surface area contributed by atoms with E-state index in [-0.39, 0.29) is 34.0 Å². The van der Waals surface area contributed by atoms with Crippen molar-refractivity contribution in [2.75, 3.05) is 0 Å². The van der Waals surface area contributed by atoms with Gasteiger partial charge in [0.2, 0.25) is 0 Å². The van der Waals surface area contributed by atoms with Gasteiger partial charge in [-0.2, -0.15) is 0 Å². The molecule has 0 amide bonds. The molecule has 304 valence electrons. The molecule has 3 heterocycles. The van der Waals surface area contributed by atoms with Crippen molar-refractivity contribution in [3.05, 3.63) is 108 Å². The molecule has 5 heteroatoms. The van der Waals surface area contributed by atoms with Crippen molar-refractivity contribution in [3.63, 3.8) is 0 Å². The highest BCUT2D eigenvalue weighted by atomic mass is 79.9. The summed E-state index contributed by atoms with van der Waals surface area (Å²) >= 11 is 0. The Hall–Kier alpha value is -3.02. The van der Waals surface area contributed by atoms with Crippen LogP contribution in [0.25, 0.3) is 46.1 Å². The first-order chi connectivity index (χ1) is 26.6. The third-order valence-electron chi connectivity index (χ3n) is 11.4. The molecule has 0 unspecified atom stereocenters. The number of nitrogens with zero attached hydrogens (tertiary/aromatic N) is 3. The summed E-state index contributed by atoms with van der Waals surface area (Å²) in [5.74, 6) is 0. The Morgan fingerprint density at radius 3 is 1.04 bits per heavy atom. The largest absolute Gasteiger partial charge is 1.00 e. The minimum absolute atomic E-state index is 0. The van der Waals surface area contributed by atoms with Gasteiger partial charge in [-0.3, -0.25) is 0 Å². The highest BCUT2D eigenvalue weighted by Gasteiger charge is 2.09. The molecule has 0 fully saturated rings. The van der Waals surface area contributed by atoms with Gasteiger partial charge in [0.25, 0.3) is 0 Å². The van der Waals surface area contributed by atoms with Crippen molar-refractivity contribution < 1.29 is 43.1 Å². The van der Waals surface area contributed by atoms with Crippen molar-refractivity contribution in [2.45, 2.75) is 155 Å². The van der Waals surface area contributed by atoms with Crippen LogP contribution in [0.15, 0.2) is 85.5 Å². The molecular formula is C51H71Br2N3. The second-order valence-electron chi connectivity index (χ2n) is 15.9. The molecule has 3 nitrogen and oxygen atoms in total. The molecule has 0 spiro atoms. The van der Waals surface area contributed by atoms with Gasteiger partial charge in [-0.25, -0.2) is 9.13 Å². The van der Waals surface area contributed by atoms with Crippen LogP contribution >= 0.6 is 0 Å². The number of unbranched alkanes of at least 4 members (excludes halogenated alkanes) is 18. The van der Waals surface area contributed by atoms with Gasteiger partial charge < -0.3 is 38.5 Å². The van der Waals surface area contributed by atoms with E-state index in [1.54, 1.807) is 0 Å². The molecule has 0 bridgehead atoms. The maximum atomic E-state index is 2.34. The molecule has 0 saturated carbocycles. The summed E-state index contributed by atoms with van der Waals surface area (Å²) in [6.07, 6.45) is 45.5. The average molecular weight is 886 g/mol. The predicted molar refractivity (Wildman–Crippen MR) is 235 cm³/mol. The Morgan fingerprint density at radius 1 is 0.393 bits per heavy atom. The van der Waals surface area contributed by atoms with Crippen LogP contribution in [0, 0.1) is 0 Å². The lowest BCUT2D eigenvalue weighted by molar-refractivity contribution is -0.697. The van der Waals surface area contributed by atoms with E-state index in [0.29, 0.717) is 0 Å². The number of fused-ring (bicyclic) bond motifs is 3. The van der Waals surface area contributed by atoms with Crippen LogP contribution in [0.2, 0.25) is 0 Å². The molecule has 0 aliphatic rings. The zero-order valence-electron chi connectivity index (χ0n) is 35.0. The van der Waals surface area contributed by atoms with Crippen LogP contribution < -0.4 is 43.1 Å². The fourth-order valence-corrected chi connectivity index (χ4v) is 7.85. The third-order valence-corrected chi connectivity index (χ3v) is 11.4. The minimum atomic E-state index is 0. The maximum absolute atomic E-state index is 2.34. The Morgan fingerprint density at radius 2 is 0.696 bits per heavy atom. The quantitative estimate of drug-likeness (QED) is 0.0394. The van der Waals surface area contributed by atoms with Crippen LogP contribution in [0.3, 0.4) is 0 Å². The van der Waals surface area contributed by atoms with Gasteiger partial charge in [0.1, 0.15) is 13.1 Å². The van der Waals surface area contributed by atoms with Crippen LogP contribution in [-0.4, -0.2) is 4.57 Å². The molecule has 0 aliphatic heterocycles. The SMILES string of the molecule is CCCCCCCCCCCC[n+]1ccc(/C=C/c2ccc3c4ccc(/C=C/c5cc[n+](CCCCCCCCCCCC)cc5)cc4n(C)c3c2)cc1.[Br-].[Br-]. The molecular weight excluding hydrogens is 814 g/mol. The van der Waals surface area contributed by atoms with E-state index in [1.165, 1.54) is 172 Å². The summed E-state index contributed by atoms with van der Waals surface area (Å²) < 4.78 is 7.02. The van der Waals surface area contributed by atoms with E-state index < -0.39 is 0 Å². The summed E-state index contributed by atoms with van der Waals surface area (Å²) in [7, 11) is 2.20. The molecule has 5 rings (SSSR count). The number of hydrogen-bond acceptors (Lipinski definition) is 0. The number of rotatable bonds is 26. The molecule has 0 saturated heterocycles. The van der Waals surface area contributed by atoms with Crippen molar-refractivity contribution >= 4 is 46.1 Å². The Kier molecular flexibility index (Phi) is 23.3. The number of pyridine rings is 2. The van der Waals surface area contributed by atoms with Crippen molar-refractivity contribution in [1.82, 2.24) is 4.57 Å². The number of hydrogen-bond donors (Lipinski definition) is 0. The molecule has 0 aliphatic carbocycles. The van der Waals surface area contributed by atoms with E-state index >= 15 is 0 Å². The smallest absolute Gasteiger partial charge is 0.169 e. The minimum Gasteiger partial charge on any atom is -1.00 e. The van der Waals surface area contributed by atoms with Gasteiger partial charge in [-0.05, 0) is 47.2 Å². The van der Waals surface area contributed by atoms with E-state index in [1.807, 2.05) is 0 Å². The Labute approximate surface area is 361 Å². The summed E-state index contributed by atoms with van der Waals surface area (Å²) in [6.45, 7) is 6.81. The maximum Gasteiger partial charge on any atom is 0.169 e. The van der Waals surface area contributed by atoms with Crippen LogP contribution in [0.1, 0.15) is 165 Å². The van der Waals surface area contributed by atoms with E-state index in [2.05, 4.69) is 144 Å². The zero-order chi connectivity index (χ0) is 37.6. The van der Waals surface area contributed by atoms with Gasteiger partial charge in [0.15, 0.2) is 24.8 Å². The van der Waals surface area contributed by atoms with Crippen LogP contribution in [0.4, 0.5) is 0 Å². The molecule has 0 atom stereocenters. The fourth-order valence-electron chi connectivity index (χ4n) is 7.85. The highest BCUT2D eigenvalue weighted by Crippen LogP contribution is 2.30. The van der Waals surface area contributed by atoms with E-state index in [9.17, 15) is 0 Å². The molecule has 2 aromatic carbocycles. The molecule has 0 radical (unpaired) electrons. The summed E-state index contributed by atoms with van der Waals surface area (Å²) in [5, 5.41) is 2.62. The highest BCUT2D eigenvalue weighted by molar-refractivity contribution is 6.09. The Bertz CT molecular complexity index is 1720. The zero-order valence-corrected chi connectivity index (χ0v) is 38.2. The number of halogens is 2. The number of aromatic nitrogens is 3. The molecule has 5 aromatic rings. The fraction of sp³-hybridized carbons (Fsp3) is 0.490. The predicted octanol–water partition coefficient (Wildman–Crippen LogP) is 8.10. The Balaban J connectivity index is 0.00000420. The molecule has 3 aromatic heterocycles. The topological polar surface area (TPSA) is 12.7 Å².